The number of fused-ring (bicyclic) bond motifs is 2. The lowest BCUT2D eigenvalue weighted by Gasteiger charge is -2.13. The highest BCUT2D eigenvalue weighted by Crippen LogP contribution is 2.30. The maximum atomic E-state index is 4.73. The molecule has 2 aromatic rings. The maximum absolute atomic E-state index is 4.73. The third-order valence-electron chi connectivity index (χ3n) is 2.82. The first kappa shape index (κ1) is 9.60. The van der Waals surface area contributed by atoms with Gasteiger partial charge in [0, 0.05) is 5.69 Å². The van der Waals surface area contributed by atoms with Crippen LogP contribution in [-0.4, -0.2) is 16.2 Å². The van der Waals surface area contributed by atoms with E-state index in [4.69, 9.17) is 4.98 Å². The van der Waals surface area contributed by atoms with Crippen LogP contribution < -0.4 is 0 Å². The second-order valence-corrected chi connectivity index (χ2v) is 5.84. The molecule has 0 N–H and O–H groups in total. The van der Waals surface area contributed by atoms with Crippen LogP contribution in [0.5, 0.6) is 0 Å². The number of hydrogen-bond donors (Lipinski definition) is 0. The number of thioether (sulfide) groups is 1. The molecule has 0 unspecified atom stereocenters. The quantitative estimate of drug-likeness (QED) is 0.711. The van der Waals surface area contributed by atoms with Crippen LogP contribution in [-0.2, 0) is 12.8 Å². The van der Waals surface area contributed by atoms with Gasteiger partial charge in [-0.05, 0) is 43.6 Å². The Morgan fingerprint density at radius 3 is 3.00 bits per heavy atom. The average molecular weight is 236 g/mol. The van der Waals surface area contributed by atoms with Gasteiger partial charge in [0.1, 0.15) is 10.3 Å². The molecule has 0 radical (unpaired) electrons. The molecular formula is C11H12N2S2. The Balaban J connectivity index is 2.19. The minimum Gasteiger partial charge on any atom is -0.240 e. The molecule has 0 aromatic carbocycles. The summed E-state index contributed by atoms with van der Waals surface area (Å²) in [5, 5.41) is 0. The molecule has 3 rings (SSSR count). The fourth-order valence-corrected chi connectivity index (χ4v) is 3.48. The van der Waals surface area contributed by atoms with Crippen LogP contribution in [0.15, 0.2) is 10.4 Å². The van der Waals surface area contributed by atoms with Gasteiger partial charge in [-0.3, -0.25) is 0 Å². The Labute approximate surface area is 97.1 Å². The normalized spacial score (nSPS) is 15.5. The van der Waals surface area contributed by atoms with E-state index < -0.39 is 0 Å². The van der Waals surface area contributed by atoms with Crippen molar-refractivity contribution in [1.82, 2.24) is 9.97 Å². The maximum Gasteiger partial charge on any atom is 0.152 e. The van der Waals surface area contributed by atoms with Gasteiger partial charge in [-0.15, -0.1) is 0 Å². The summed E-state index contributed by atoms with van der Waals surface area (Å²) in [7, 11) is 0. The fourth-order valence-electron chi connectivity index (χ4n) is 2.05. The Hall–Kier alpha value is -0.610. The molecule has 1 aliphatic rings. The summed E-state index contributed by atoms with van der Waals surface area (Å²) in [6, 6.07) is 2.24. The molecule has 0 bridgehead atoms. The van der Waals surface area contributed by atoms with E-state index in [2.05, 4.69) is 17.3 Å². The smallest absolute Gasteiger partial charge is 0.152 e. The summed E-state index contributed by atoms with van der Waals surface area (Å²) in [6.07, 6.45) is 7.00. The third kappa shape index (κ3) is 1.66. The lowest BCUT2D eigenvalue weighted by molar-refractivity contribution is 0.671. The number of aryl methyl sites for hydroxylation is 2. The second-order valence-electron chi connectivity index (χ2n) is 3.81. The molecule has 0 saturated carbocycles. The molecule has 0 saturated heterocycles. The van der Waals surface area contributed by atoms with Crippen molar-refractivity contribution in [3.8, 4) is 0 Å². The van der Waals surface area contributed by atoms with Gasteiger partial charge in [0.25, 0.3) is 0 Å². The van der Waals surface area contributed by atoms with Crippen molar-refractivity contribution in [2.75, 3.05) is 6.26 Å². The van der Waals surface area contributed by atoms with Gasteiger partial charge in [-0.1, -0.05) is 23.1 Å². The van der Waals surface area contributed by atoms with Crippen LogP contribution in [0.2, 0.25) is 0 Å². The van der Waals surface area contributed by atoms with Crippen molar-refractivity contribution < 1.29 is 0 Å². The predicted molar refractivity (Wildman–Crippen MR) is 65.8 cm³/mol. The molecule has 78 valence electrons. The highest BCUT2D eigenvalue weighted by molar-refractivity contribution is 8.00. The first-order valence-corrected chi connectivity index (χ1v) is 7.24. The minimum atomic E-state index is 1.09. The third-order valence-corrected chi connectivity index (χ3v) is 4.77. The van der Waals surface area contributed by atoms with Crippen LogP contribution >= 0.6 is 23.1 Å². The molecule has 0 atom stereocenters. The van der Waals surface area contributed by atoms with E-state index in [0.717, 1.165) is 21.1 Å². The monoisotopic (exact) mass is 236 g/mol. The fraction of sp³-hybridized carbons (Fsp3) is 0.455. The van der Waals surface area contributed by atoms with Gasteiger partial charge in [-0.2, -0.15) is 0 Å². The van der Waals surface area contributed by atoms with Crippen molar-refractivity contribution in [3.05, 3.63) is 17.3 Å². The van der Waals surface area contributed by atoms with Gasteiger partial charge in [-0.25, -0.2) is 9.97 Å². The van der Waals surface area contributed by atoms with E-state index in [1.54, 1.807) is 23.1 Å². The first-order valence-electron chi connectivity index (χ1n) is 5.20. The standard InChI is InChI=1S/C11H12N2S2/c1-14-11-13-9-6-7-4-2-3-5-8(7)12-10(9)15-11/h6H,2-5H2,1H3. The first-order chi connectivity index (χ1) is 7.36. The van der Waals surface area contributed by atoms with Crippen molar-refractivity contribution in [2.45, 2.75) is 30.0 Å². The molecule has 0 fully saturated rings. The zero-order valence-corrected chi connectivity index (χ0v) is 10.2. The van der Waals surface area contributed by atoms with Crippen LogP contribution in [0.4, 0.5) is 0 Å². The summed E-state index contributed by atoms with van der Waals surface area (Å²) in [6.45, 7) is 0. The van der Waals surface area contributed by atoms with Crippen LogP contribution in [0.25, 0.3) is 10.3 Å². The molecule has 0 aliphatic heterocycles. The van der Waals surface area contributed by atoms with E-state index in [9.17, 15) is 0 Å². The zero-order chi connectivity index (χ0) is 10.3. The van der Waals surface area contributed by atoms with Gasteiger partial charge in [0.05, 0.1) is 0 Å². The number of nitrogens with zero attached hydrogens (tertiary/aromatic N) is 2. The largest absolute Gasteiger partial charge is 0.240 e. The van der Waals surface area contributed by atoms with Gasteiger partial charge in [0.2, 0.25) is 0 Å². The van der Waals surface area contributed by atoms with Crippen LogP contribution in [0, 0.1) is 0 Å². The molecule has 0 amide bonds. The molecule has 15 heavy (non-hydrogen) atoms. The van der Waals surface area contributed by atoms with Crippen LogP contribution in [0.1, 0.15) is 24.1 Å². The Morgan fingerprint density at radius 1 is 1.27 bits per heavy atom. The molecule has 0 spiro atoms. The molecule has 2 aromatic heterocycles. The van der Waals surface area contributed by atoms with E-state index >= 15 is 0 Å². The number of rotatable bonds is 1. The average Bonchev–Trinajstić information content (AvgIpc) is 2.67. The number of aromatic nitrogens is 2. The van der Waals surface area contributed by atoms with E-state index in [1.165, 1.54) is 30.5 Å². The van der Waals surface area contributed by atoms with Crippen molar-refractivity contribution >= 4 is 33.4 Å². The van der Waals surface area contributed by atoms with Gasteiger partial charge >= 0.3 is 0 Å². The lowest BCUT2D eigenvalue weighted by Crippen LogP contribution is -2.04. The topological polar surface area (TPSA) is 25.8 Å². The summed E-state index contributed by atoms with van der Waals surface area (Å²) in [5.41, 5.74) is 3.82. The van der Waals surface area contributed by atoms with Crippen molar-refractivity contribution in [1.29, 1.82) is 0 Å². The van der Waals surface area contributed by atoms with E-state index in [0.29, 0.717) is 0 Å². The Bertz CT molecular complexity index is 462. The molecule has 4 heteroatoms. The molecule has 2 nitrogen and oxygen atoms in total. The lowest BCUT2D eigenvalue weighted by atomic mass is 9.96. The molecule has 1 aliphatic carbocycles. The number of pyridine rings is 1. The van der Waals surface area contributed by atoms with Crippen LogP contribution in [0.3, 0.4) is 0 Å². The highest BCUT2D eigenvalue weighted by atomic mass is 32.2. The summed E-state index contributed by atoms with van der Waals surface area (Å²) in [4.78, 5) is 10.4. The summed E-state index contributed by atoms with van der Waals surface area (Å²) < 4.78 is 1.12. The highest BCUT2D eigenvalue weighted by Gasteiger charge is 2.13. The Morgan fingerprint density at radius 2 is 2.13 bits per heavy atom. The van der Waals surface area contributed by atoms with Gasteiger partial charge < -0.3 is 0 Å². The zero-order valence-electron chi connectivity index (χ0n) is 8.62. The number of hydrogen-bond acceptors (Lipinski definition) is 4. The van der Waals surface area contributed by atoms with E-state index in [1.807, 2.05) is 0 Å². The second kappa shape index (κ2) is 3.76. The predicted octanol–water partition coefficient (Wildman–Crippen LogP) is 3.29. The SMILES string of the molecule is CSc1nc2cc3c(nc2s1)CCCC3. The van der Waals surface area contributed by atoms with Crippen molar-refractivity contribution in [2.24, 2.45) is 0 Å². The van der Waals surface area contributed by atoms with Gasteiger partial charge in [0.15, 0.2) is 4.34 Å². The molecule has 2 heterocycles. The summed E-state index contributed by atoms with van der Waals surface area (Å²) in [5.74, 6) is 0. The minimum absolute atomic E-state index is 1.09. The number of thiazole rings is 1. The van der Waals surface area contributed by atoms with E-state index in [-0.39, 0.29) is 0 Å². The summed E-state index contributed by atoms with van der Waals surface area (Å²) >= 11 is 3.42. The van der Waals surface area contributed by atoms with Crippen molar-refractivity contribution in [3.63, 3.8) is 0 Å². The molecular weight excluding hydrogens is 224 g/mol. The Kier molecular flexibility index (Phi) is 2.41.